The van der Waals surface area contributed by atoms with Crippen molar-refractivity contribution in [3.8, 4) is 0 Å². The molecule has 2 rings (SSSR count). The fourth-order valence-electron chi connectivity index (χ4n) is 1.17. The van der Waals surface area contributed by atoms with Crippen molar-refractivity contribution in [2.45, 2.75) is 24.1 Å². The van der Waals surface area contributed by atoms with Crippen LogP contribution in [-0.2, 0) is 6.54 Å². The number of aromatic amines is 1. The first-order chi connectivity index (χ1) is 5.76. The van der Waals surface area contributed by atoms with Gasteiger partial charge in [-0.3, -0.25) is 0 Å². The Bertz CT molecular complexity index is 324. The highest BCUT2D eigenvalue weighted by molar-refractivity contribution is 8.00. The predicted molar refractivity (Wildman–Crippen MR) is 50.7 cm³/mol. The van der Waals surface area contributed by atoms with Gasteiger partial charge in [0.15, 0.2) is 0 Å². The first-order valence-electron chi connectivity index (χ1n) is 3.79. The van der Waals surface area contributed by atoms with Gasteiger partial charge in [0.2, 0.25) is 4.77 Å². The zero-order valence-corrected chi connectivity index (χ0v) is 8.41. The minimum absolute atomic E-state index is 0.409. The lowest BCUT2D eigenvalue weighted by Gasteiger charge is -2.10. The first kappa shape index (κ1) is 8.25. The van der Waals surface area contributed by atoms with Crippen LogP contribution >= 0.6 is 24.0 Å². The predicted octanol–water partition coefficient (Wildman–Crippen LogP) is 1.23. The van der Waals surface area contributed by atoms with E-state index in [1.807, 2.05) is 16.4 Å². The summed E-state index contributed by atoms with van der Waals surface area (Å²) in [6, 6.07) is 0. The standard InChI is InChI=1S/C6H10N4S2/c1-12-6(2-3-6)4-10-5(11)7-8-9-10/h2-4H2,1H3,(H,7,9,11). The monoisotopic (exact) mass is 202 g/mol. The van der Waals surface area contributed by atoms with E-state index in [4.69, 9.17) is 12.2 Å². The molecular formula is C6H10N4S2. The Kier molecular flexibility index (Phi) is 1.96. The zero-order chi connectivity index (χ0) is 8.60. The second kappa shape index (κ2) is 2.85. The molecule has 1 fully saturated rings. The van der Waals surface area contributed by atoms with E-state index in [2.05, 4.69) is 21.8 Å². The Hall–Kier alpha value is -0.360. The summed E-state index contributed by atoms with van der Waals surface area (Å²) in [5, 5.41) is 10.1. The molecule has 0 aliphatic heterocycles. The van der Waals surface area contributed by atoms with Crippen molar-refractivity contribution in [3.63, 3.8) is 0 Å². The Morgan fingerprint density at radius 3 is 2.92 bits per heavy atom. The van der Waals surface area contributed by atoms with Crippen LogP contribution in [0.25, 0.3) is 0 Å². The Morgan fingerprint density at radius 1 is 1.75 bits per heavy atom. The van der Waals surface area contributed by atoms with Gasteiger partial charge in [-0.25, -0.2) is 4.68 Å². The molecule has 0 amide bonds. The van der Waals surface area contributed by atoms with Gasteiger partial charge in [-0.15, -0.1) is 0 Å². The highest BCUT2D eigenvalue weighted by atomic mass is 32.2. The molecule has 0 unspecified atom stereocenters. The summed E-state index contributed by atoms with van der Waals surface area (Å²) in [6.45, 7) is 0.917. The number of H-pyrrole nitrogens is 1. The fraction of sp³-hybridized carbons (Fsp3) is 0.833. The maximum Gasteiger partial charge on any atom is 0.238 e. The van der Waals surface area contributed by atoms with Gasteiger partial charge in [-0.1, -0.05) is 10.3 Å². The van der Waals surface area contributed by atoms with Gasteiger partial charge in [0.25, 0.3) is 0 Å². The van der Waals surface area contributed by atoms with E-state index in [0.29, 0.717) is 9.52 Å². The van der Waals surface area contributed by atoms with Gasteiger partial charge in [-0.2, -0.15) is 17.0 Å². The van der Waals surface area contributed by atoms with Gasteiger partial charge in [0.05, 0.1) is 6.54 Å². The second-order valence-corrected chi connectivity index (χ2v) is 4.70. The molecule has 1 aliphatic rings. The molecule has 4 nitrogen and oxygen atoms in total. The van der Waals surface area contributed by atoms with Crippen molar-refractivity contribution in [2.24, 2.45) is 0 Å². The van der Waals surface area contributed by atoms with Crippen LogP contribution in [0.2, 0.25) is 0 Å². The SMILES string of the molecule is CSC1(Cn2[nH]nnc2=S)CC1. The number of hydrogen-bond acceptors (Lipinski definition) is 4. The fourth-order valence-corrected chi connectivity index (χ4v) is 2.09. The molecule has 1 aromatic rings. The molecule has 66 valence electrons. The summed E-state index contributed by atoms with van der Waals surface area (Å²) in [5.74, 6) is 0. The van der Waals surface area contributed by atoms with Crippen molar-refractivity contribution in [1.29, 1.82) is 0 Å². The van der Waals surface area contributed by atoms with E-state index in [1.165, 1.54) is 12.8 Å². The topological polar surface area (TPSA) is 46.5 Å². The molecule has 1 saturated carbocycles. The largest absolute Gasteiger partial charge is 0.241 e. The molecule has 1 aromatic heterocycles. The number of thioether (sulfide) groups is 1. The quantitative estimate of drug-likeness (QED) is 0.749. The van der Waals surface area contributed by atoms with Crippen LogP contribution in [0.15, 0.2) is 0 Å². The van der Waals surface area contributed by atoms with Crippen molar-refractivity contribution in [2.75, 3.05) is 6.26 Å². The molecule has 0 radical (unpaired) electrons. The molecule has 0 saturated heterocycles. The third-order valence-electron chi connectivity index (χ3n) is 2.22. The third-order valence-corrected chi connectivity index (χ3v) is 3.92. The minimum Gasteiger partial charge on any atom is -0.241 e. The van der Waals surface area contributed by atoms with Crippen LogP contribution in [0.4, 0.5) is 0 Å². The van der Waals surface area contributed by atoms with E-state index in [-0.39, 0.29) is 0 Å². The molecular weight excluding hydrogens is 192 g/mol. The van der Waals surface area contributed by atoms with Crippen LogP contribution in [0, 0.1) is 4.77 Å². The number of rotatable bonds is 3. The molecule has 6 heteroatoms. The average molecular weight is 202 g/mol. The van der Waals surface area contributed by atoms with Gasteiger partial charge < -0.3 is 0 Å². The van der Waals surface area contributed by atoms with Gasteiger partial charge in [-0.05, 0) is 31.3 Å². The molecule has 1 heterocycles. The smallest absolute Gasteiger partial charge is 0.238 e. The van der Waals surface area contributed by atoms with Crippen LogP contribution in [-0.4, -0.2) is 31.2 Å². The van der Waals surface area contributed by atoms with Crippen molar-refractivity contribution in [3.05, 3.63) is 4.77 Å². The Morgan fingerprint density at radius 2 is 2.50 bits per heavy atom. The molecule has 0 aromatic carbocycles. The first-order valence-corrected chi connectivity index (χ1v) is 5.42. The van der Waals surface area contributed by atoms with Crippen LogP contribution < -0.4 is 0 Å². The lowest BCUT2D eigenvalue weighted by atomic mass is 10.4. The van der Waals surface area contributed by atoms with Gasteiger partial charge >= 0.3 is 0 Å². The van der Waals surface area contributed by atoms with E-state index >= 15 is 0 Å². The molecule has 0 atom stereocenters. The summed E-state index contributed by atoms with van der Waals surface area (Å²) in [6.07, 6.45) is 4.68. The summed E-state index contributed by atoms with van der Waals surface area (Å²) in [7, 11) is 0. The van der Waals surface area contributed by atoms with E-state index < -0.39 is 0 Å². The van der Waals surface area contributed by atoms with E-state index in [0.717, 1.165) is 6.54 Å². The average Bonchev–Trinajstić information content (AvgIpc) is 2.74. The minimum atomic E-state index is 0.409. The van der Waals surface area contributed by atoms with Crippen LogP contribution in [0.5, 0.6) is 0 Å². The molecule has 0 spiro atoms. The van der Waals surface area contributed by atoms with Crippen molar-refractivity contribution >= 4 is 24.0 Å². The van der Waals surface area contributed by atoms with E-state index in [1.54, 1.807) is 0 Å². The summed E-state index contributed by atoms with van der Waals surface area (Å²) < 4.78 is 2.79. The Balaban J connectivity index is 2.14. The maximum absolute atomic E-state index is 4.98. The van der Waals surface area contributed by atoms with Gasteiger partial charge in [0.1, 0.15) is 0 Å². The van der Waals surface area contributed by atoms with Crippen LogP contribution in [0.1, 0.15) is 12.8 Å². The Labute approximate surface area is 79.7 Å². The number of nitrogens with one attached hydrogen (secondary N) is 1. The summed E-state index contributed by atoms with van der Waals surface area (Å²) in [4.78, 5) is 0. The third kappa shape index (κ3) is 1.40. The molecule has 0 bridgehead atoms. The molecule has 12 heavy (non-hydrogen) atoms. The number of aromatic nitrogens is 4. The molecule has 1 aliphatic carbocycles. The molecule has 1 N–H and O–H groups in total. The second-order valence-electron chi connectivity index (χ2n) is 3.06. The number of hydrogen-bond donors (Lipinski definition) is 1. The maximum atomic E-state index is 4.98. The highest BCUT2D eigenvalue weighted by Gasteiger charge is 2.42. The summed E-state index contributed by atoms with van der Waals surface area (Å²) in [5.41, 5.74) is 0. The van der Waals surface area contributed by atoms with Gasteiger partial charge in [0, 0.05) is 4.75 Å². The highest BCUT2D eigenvalue weighted by Crippen LogP contribution is 2.48. The number of tetrazole rings is 1. The normalized spacial score (nSPS) is 19.4. The zero-order valence-electron chi connectivity index (χ0n) is 6.78. The summed E-state index contributed by atoms with van der Waals surface area (Å²) >= 11 is 6.88. The number of nitrogens with zero attached hydrogens (tertiary/aromatic N) is 3. The lowest BCUT2D eigenvalue weighted by Crippen LogP contribution is -2.14. The van der Waals surface area contributed by atoms with Crippen LogP contribution in [0.3, 0.4) is 0 Å². The lowest BCUT2D eigenvalue weighted by molar-refractivity contribution is 0.561. The van der Waals surface area contributed by atoms with E-state index in [9.17, 15) is 0 Å². The van der Waals surface area contributed by atoms with Crippen molar-refractivity contribution < 1.29 is 0 Å². The van der Waals surface area contributed by atoms with Crippen molar-refractivity contribution in [1.82, 2.24) is 20.2 Å².